The molecule has 5 heteroatoms. The van der Waals surface area contributed by atoms with Crippen LogP contribution >= 0.6 is 0 Å². The van der Waals surface area contributed by atoms with Crippen molar-refractivity contribution in [1.29, 1.82) is 5.26 Å². The van der Waals surface area contributed by atoms with Gasteiger partial charge in [-0.1, -0.05) is 6.07 Å². The molecule has 3 rings (SSSR count). The van der Waals surface area contributed by atoms with E-state index in [2.05, 4.69) is 11.1 Å². The van der Waals surface area contributed by atoms with Crippen LogP contribution in [-0.4, -0.2) is 25.3 Å². The van der Waals surface area contributed by atoms with Crippen LogP contribution in [0.1, 0.15) is 29.4 Å². The molecule has 24 heavy (non-hydrogen) atoms. The van der Waals surface area contributed by atoms with E-state index in [1.807, 2.05) is 36.4 Å². The number of nitrogens with zero attached hydrogens (tertiary/aromatic N) is 2. The van der Waals surface area contributed by atoms with Crippen molar-refractivity contribution in [2.24, 2.45) is 0 Å². The first-order chi connectivity index (χ1) is 11.8. The fourth-order valence-corrected chi connectivity index (χ4v) is 2.57. The molecular weight excluding hydrogens is 304 g/mol. The second-order valence-electron chi connectivity index (χ2n) is 5.33. The molecule has 122 valence electrons. The topological polar surface area (TPSA) is 64.4 Å². The number of aromatic nitrogens is 1. The molecule has 0 N–H and O–H groups in total. The predicted molar refractivity (Wildman–Crippen MR) is 90.0 cm³/mol. The highest BCUT2D eigenvalue weighted by Gasteiger charge is 2.20. The number of methoxy groups -OCH3 is 1. The highest BCUT2D eigenvalue weighted by atomic mass is 16.7. The smallest absolute Gasteiger partial charge is 0.187 e. The second kappa shape index (κ2) is 7.73. The Labute approximate surface area is 141 Å². The Morgan fingerprint density at radius 1 is 1.25 bits per heavy atom. The Hall–Kier alpha value is -2.68. The lowest BCUT2D eigenvalue weighted by Gasteiger charge is -2.25. The number of rotatable bonds is 4. The van der Waals surface area contributed by atoms with Gasteiger partial charge in [0, 0.05) is 12.4 Å². The predicted octanol–water partition coefficient (Wildman–Crippen LogP) is 3.59. The molecule has 2 aromatic rings. The van der Waals surface area contributed by atoms with Crippen LogP contribution in [0.5, 0.6) is 5.75 Å². The van der Waals surface area contributed by atoms with Crippen LogP contribution in [0.3, 0.4) is 0 Å². The SMILES string of the molecule is COc1ccc(/C=C(/C#N)c2ccncc2)cc1C1OCCCO1. The molecule has 0 radical (unpaired) electrons. The third kappa shape index (κ3) is 3.62. The van der Waals surface area contributed by atoms with Crippen LogP contribution in [0.2, 0.25) is 0 Å². The first-order valence-electron chi connectivity index (χ1n) is 7.75. The van der Waals surface area contributed by atoms with Gasteiger partial charge in [0.15, 0.2) is 6.29 Å². The molecule has 0 unspecified atom stereocenters. The van der Waals surface area contributed by atoms with Crippen LogP contribution < -0.4 is 4.74 Å². The fourth-order valence-electron chi connectivity index (χ4n) is 2.57. The van der Waals surface area contributed by atoms with E-state index in [0.29, 0.717) is 24.5 Å². The molecule has 1 aliphatic rings. The van der Waals surface area contributed by atoms with Crippen molar-refractivity contribution in [3.05, 3.63) is 59.4 Å². The maximum atomic E-state index is 9.45. The van der Waals surface area contributed by atoms with E-state index in [1.54, 1.807) is 19.5 Å². The number of allylic oxidation sites excluding steroid dienone is 1. The molecule has 0 amide bonds. The Morgan fingerprint density at radius 2 is 2.00 bits per heavy atom. The molecule has 0 bridgehead atoms. The first-order valence-corrected chi connectivity index (χ1v) is 7.75. The summed E-state index contributed by atoms with van der Waals surface area (Å²) >= 11 is 0. The summed E-state index contributed by atoms with van der Waals surface area (Å²) in [4.78, 5) is 3.98. The molecule has 1 aromatic carbocycles. The van der Waals surface area contributed by atoms with Gasteiger partial charge in [0.2, 0.25) is 0 Å². The average molecular weight is 322 g/mol. The molecule has 0 spiro atoms. The van der Waals surface area contributed by atoms with Gasteiger partial charge in [-0.2, -0.15) is 5.26 Å². The van der Waals surface area contributed by atoms with Crippen LogP contribution in [0.25, 0.3) is 11.6 Å². The third-order valence-electron chi connectivity index (χ3n) is 3.76. The molecule has 1 fully saturated rings. The van der Waals surface area contributed by atoms with E-state index in [-0.39, 0.29) is 0 Å². The second-order valence-corrected chi connectivity index (χ2v) is 5.33. The number of ether oxygens (including phenoxy) is 3. The minimum atomic E-state index is -0.437. The van der Waals surface area contributed by atoms with E-state index in [1.165, 1.54) is 0 Å². The lowest BCUT2D eigenvalue weighted by atomic mass is 10.0. The quantitative estimate of drug-likeness (QED) is 0.805. The van der Waals surface area contributed by atoms with Crippen molar-refractivity contribution in [2.75, 3.05) is 20.3 Å². The lowest BCUT2D eigenvalue weighted by Crippen LogP contribution is -2.18. The zero-order valence-corrected chi connectivity index (χ0v) is 13.4. The largest absolute Gasteiger partial charge is 0.496 e. The van der Waals surface area contributed by atoms with Crippen molar-refractivity contribution in [2.45, 2.75) is 12.7 Å². The van der Waals surface area contributed by atoms with Gasteiger partial charge >= 0.3 is 0 Å². The number of nitriles is 1. The molecule has 1 aromatic heterocycles. The van der Waals surface area contributed by atoms with Crippen molar-refractivity contribution in [3.63, 3.8) is 0 Å². The maximum absolute atomic E-state index is 9.45. The van der Waals surface area contributed by atoms with Crippen LogP contribution in [0.4, 0.5) is 0 Å². The Bertz CT molecular complexity index is 760. The van der Waals surface area contributed by atoms with Gasteiger partial charge in [-0.25, -0.2) is 0 Å². The van der Waals surface area contributed by atoms with Gasteiger partial charge < -0.3 is 14.2 Å². The monoisotopic (exact) mass is 322 g/mol. The molecule has 1 aliphatic heterocycles. The molecule has 0 aliphatic carbocycles. The summed E-state index contributed by atoms with van der Waals surface area (Å²) in [6.45, 7) is 1.32. The number of pyridine rings is 1. The van der Waals surface area contributed by atoms with Gasteiger partial charge in [-0.3, -0.25) is 4.98 Å². The fraction of sp³-hybridized carbons (Fsp3) is 0.263. The van der Waals surface area contributed by atoms with Crippen LogP contribution in [-0.2, 0) is 9.47 Å². The average Bonchev–Trinajstić information content (AvgIpc) is 2.67. The highest BCUT2D eigenvalue weighted by molar-refractivity contribution is 5.89. The van der Waals surface area contributed by atoms with Gasteiger partial charge in [-0.15, -0.1) is 0 Å². The summed E-state index contributed by atoms with van der Waals surface area (Å²) in [7, 11) is 1.62. The van der Waals surface area contributed by atoms with Gasteiger partial charge in [0.25, 0.3) is 0 Å². The zero-order chi connectivity index (χ0) is 16.8. The molecule has 0 saturated carbocycles. The maximum Gasteiger partial charge on any atom is 0.187 e. The van der Waals surface area contributed by atoms with Crippen molar-refractivity contribution in [1.82, 2.24) is 4.98 Å². The first kappa shape index (κ1) is 16.2. The Kier molecular flexibility index (Phi) is 5.22. The van der Waals surface area contributed by atoms with E-state index < -0.39 is 6.29 Å². The molecule has 5 nitrogen and oxygen atoms in total. The number of hydrogen-bond donors (Lipinski definition) is 0. The summed E-state index contributed by atoms with van der Waals surface area (Å²) in [5, 5.41) is 9.45. The third-order valence-corrected chi connectivity index (χ3v) is 3.76. The summed E-state index contributed by atoms with van der Waals surface area (Å²) in [6.07, 6.45) is 5.63. The van der Waals surface area contributed by atoms with E-state index in [9.17, 15) is 5.26 Å². The van der Waals surface area contributed by atoms with E-state index >= 15 is 0 Å². The van der Waals surface area contributed by atoms with E-state index in [4.69, 9.17) is 14.2 Å². The van der Waals surface area contributed by atoms with Crippen molar-refractivity contribution < 1.29 is 14.2 Å². The molecular formula is C19H18N2O3. The van der Waals surface area contributed by atoms with Crippen LogP contribution in [0.15, 0.2) is 42.7 Å². The Balaban J connectivity index is 1.96. The summed E-state index contributed by atoms with van der Waals surface area (Å²) in [5.41, 5.74) is 3.11. The zero-order valence-electron chi connectivity index (χ0n) is 13.4. The van der Waals surface area contributed by atoms with E-state index in [0.717, 1.165) is 23.1 Å². The number of benzene rings is 1. The molecule has 2 heterocycles. The minimum Gasteiger partial charge on any atom is -0.496 e. The summed E-state index contributed by atoms with van der Waals surface area (Å²) in [5.74, 6) is 0.710. The number of hydrogen-bond acceptors (Lipinski definition) is 5. The van der Waals surface area contributed by atoms with Gasteiger partial charge in [0.05, 0.1) is 37.5 Å². The summed E-state index contributed by atoms with van der Waals surface area (Å²) in [6, 6.07) is 11.6. The molecule has 1 saturated heterocycles. The standard InChI is InChI=1S/C19H18N2O3/c1-22-18-4-3-14(12-17(18)19-23-9-2-10-24-19)11-16(13-20)15-5-7-21-8-6-15/h3-8,11-12,19H,2,9-10H2,1H3/b16-11-. The van der Waals surface area contributed by atoms with Crippen molar-refractivity contribution in [3.8, 4) is 11.8 Å². The van der Waals surface area contributed by atoms with Gasteiger partial charge in [0.1, 0.15) is 5.75 Å². The van der Waals surface area contributed by atoms with Gasteiger partial charge in [-0.05, 0) is 47.9 Å². The minimum absolute atomic E-state index is 0.437. The highest BCUT2D eigenvalue weighted by Crippen LogP contribution is 2.32. The van der Waals surface area contributed by atoms with Crippen LogP contribution in [0, 0.1) is 11.3 Å². The normalized spacial score (nSPS) is 15.8. The molecule has 0 atom stereocenters. The summed E-state index contributed by atoms with van der Waals surface area (Å²) < 4.78 is 16.8. The Morgan fingerprint density at radius 3 is 2.67 bits per heavy atom. The lowest BCUT2D eigenvalue weighted by molar-refractivity contribution is -0.183. The van der Waals surface area contributed by atoms with Crippen molar-refractivity contribution >= 4 is 11.6 Å².